The second kappa shape index (κ2) is 17.8. The maximum Gasteiger partial charge on any atom is 0.387 e. The first kappa shape index (κ1) is 40.6. The van der Waals surface area contributed by atoms with Gasteiger partial charge >= 0.3 is 18.4 Å². The van der Waals surface area contributed by atoms with E-state index in [0.29, 0.717) is 39.4 Å². The van der Waals surface area contributed by atoms with Crippen molar-refractivity contribution in [3.8, 4) is 5.75 Å². The van der Waals surface area contributed by atoms with Crippen LogP contribution in [0.4, 0.5) is 20.2 Å². The number of carbonyl (C=O) groups excluding carboxylic acids is 3. The summed E-state index contributed by atoms with van der Waals surface area (Å²) < 4.78 is 35.7. The lowest BCUT2D eigenvalue weighted by molar-refractivity contribution is -0.136. The topological polar surface area (TPSA) is 167 Å². The summed E-state index contributed by atoms with van der Waals surface area (Å²) in [6, 6.07) is 27.6. The van der Waals surface area contributed by atoms with Gasteiger partial charge in [0.15, 0.2) is 0 Å². The average Bonchev–Trinajstić information content (AvgIpc) is 3.97. The number of amides is 3. The van der Waals surface area contributed by atoms with E-state index in [1.165, 1.54) is 12.1 Å². The average molecular weight is 801 g/mol. The van der Waals surface area contributed by atoms with Crippen LogP contribution in [0.3, 0.4) is 0 Å². The minimum atomic E-state index is -2.92. The number of hydrogen-bond acceptors (Lipinski definition) is 10. The smallest absolute Gasteiger partial charge is 0.387 e. The first-order valence-electron chi connectivity index (χ1n) is 18.2. The zero-order chi connectivity index (χ0) is 40.6. The molecule has 6 N–H and O–H groups in total. The molecule has 0 radical (unpaired) electrons. The highest BCUT2D eigenvalue weighted by Crippen LogP contribution is 2.45. The SMILES string of the molecule is Cc1ccc(NC(=O)C(=O)NCC(C)(C)CNC(=O)c2ccc(NC3=NC(NC4(c5ccc(Cl)cc5)CC4)=NC(OCc4ccc(OC(F)F)cc4)N3)cc2)cc1. The monoisotopic (exact) mass is 800 g/mol. The first-order valence-corrected chi connectivity index (χ1v) is 18.6. The summed E-state index contributed by atoms with van der Waals surface area (Å²) in [6.45, 7) is 3.22. The number of carbonyl (C=O) groups is 3. The van der Waals surface area contributed by atoms with E-state index in [1.807, 2.05) is 57.2 Å². The summed E-state index contributed by atoms with van der Waals surface area (Å²) >= 11 is 6.13. The van der Waals surface area contributed by atoms with Crippen LogP contribution in [-0.4, -0.2) is 55.7 Å². The van der Waals surface area contributed by atoms with Gasteiger partial charge in [0, 0.05) is 35.1 Å². The summed E-state index contributed by atoms with van der Waals surface area (Å²) in [5.74, 6) is -1.16. The van der Waals surface area contributed by atoms with Crippen molar-refractivity contribution in [1.29, 1.82) is 0 Å². The van der Waals surface area contributed by atoms with Crippen LogP contribution >= 0.6 is 11.6 Å². The molecule has 1 unspecified atom stereocenters. The van der Waals surface area contributed by atoms with Crippen molar-refractivity contribution in [2.45, 2.75) is 58.7 Å². The summed E-state index contributed by atoms with van der Waals surface area (Å²) in [6.07, 6.45) is 0.851. The Morgan fingerprint density at radius 3 is 2.18 bits per heavy atom. The highest BCUT2D eigenvalue weighted by molar-refractivity contribution is 6.39. The molecule has 0 spiro atoms. The molecule has 1 heterocycles. The largest absolute Gasteiger partial charge is 0.435 e. The second-order valence-corrected chi connectivity index (χ2v) is 14.9. The summed E-state index contributed by atoms with van der Waals surface area (Å²) in [5, 5.41) is 18.6. The number of hydrogen-bond donors (Lipinski definition) is 6. The van der Waals surface area contributed by atoms with Crippen LogP contribution in [0.15, 0.2) is 107 Å². The number of benzene rings is 4. The standard InChI is InChI=1S/C41H43ClF2N8O5/c1-25-4-14-30(15-5-25)47-35(55)34(54)46-24-40(2,3)23-45-33(53)27-8-16-31(17-9-27)48-37-49-38(52-41(20-21-41)28-10-12-29(42)13-11-28)51-39(50-37)56-22-26-6-18-32(19-7-26)57-36(43)44/h4-19,36,39H,20-24H2,1-3H3,(H,45,53)(H,46,54)(H,47,55)(H3,48,49,50,51,52). The predicted molar refractivity (Wildman–Crippen MR) is 214 cm³/mol. The normalized spacial score (nSPS) is 15.7. The van der Waals surface area contributed by atoms with Crippen molar-refractivity contribution in [3.05, 3.63) is 124 Å². The zero-order valence-corrected chi connectivity index (χ0v) is 32.3. The molecule has 1 atom stereocenters. The maximum atomic E-state index is 13.1. The molecule has 57 heavy (non-hydrogen) atoms. The number of ether oxygens (including phenoxy) is 2. The van der Waals surface area contributed by atoms with Crippen LogP contribution in [0.25, 0.3) is 0 Å². The number of guanidine groups is 2. The molecule has 0 saturated heterocycles. The van der Waals surface area contributed by atoms with E-state index in [1.54, 1.807) is 48.5 Å². The molecule has 3 amide bonds. The number of aliphatic imine (C=N–C) groups is 2. The Morgan fingerprint density at radius 1 is 0.877 bits per heavy atom. The first-order chi connectivity index (χ1) is 27.2. The van der Waals surface area contributed by atoms with Crippen molar-refractivity contribution in [3.63, 3.8) is 0 Å². The molecule has 0 bridgehead atoms. The van der Waals surface area contributed by atoms with E-state index >= 15 is 0 Å². The minimum absolute atomic E-state index is 0.0411. The van der Waals surface area contributed by atoms with E-state index in [9.17, 15) is 23.2 Å². The Kier molecular flexibility index (Phi) is 12.7. The third-order valence-corrected chi connectivity index (χ3v) is 9.40. The second-order valence-electron chi connectivity index (χ2n) is 14.5. The van der Waals surface area contributed by atoms with Gasteiger partial charge in [0.1, 0.15) is 5.75 Å². The Labute approximate surface area is 333 Å². The molecule has 1 fully saturated rings. The zero-order valence-electron chi connectivity index (χ0n) is 31.5. The number of halogens is 3. The Bertz CT molecular complexity index is 2110. The van der Waals surface area contributed by atoms with E-state index in [0.717, 1.165) is 24.0 Å². The van der Waals surface area contributed by atoms with Gasteiger partial charge in [-0.15, -0.1) is 0 Å². The molecule has 4 aromatic carbocycles. The third kappa shape index (κ3) is 11.7. The van der Waals surface area contributed by atoms with Crippen LogP contribution in [0.5, 0.6) is 5.75 Å². The molecule has 298 valence electrons. The third-order valence-electron chi connectivity index (χ3n) is 9.15. The molecule has 1 saturated carbocycles. The summed E-state index contributed by atoms with van der Waals surface area (Å²) in [5.41, 5.74) is 3.41. The highest BCUT2D eigenvalue weighted by Gasteiger charge is 2.45. The molecule has 6 rings (SSSR count). The molecule has 13 nitrogen and oxygen atoms in total. The van der Waals surface area contributed by atoms with Crippen molar-refractivity contribution >= 4 is 52.6 Å². The Hall–Kier alpha value is -6.06. The highest BCUT2D eigenvalue weighted by atomic mass is 35.5. The quantitative estimate of drug-likeness (QED) is 0.0813. The van der Waals surface area contributed by atoms with Gasteiger partial charge in [0.25, 0.3) is 5.91 Å². The fourth-order valence-corrected chi connectivity index (χ4v) is 5.84. The van der Waals surface area contributed by atoms with Crippen LogP contribution < -0.4 is 36.6 Å². The molecule has 16 heteroatoms. The molecule has 0 aromatic heterocycles. The van der Waals surface area contributed by atoms with Crippen LogP contribution in [-0.2, 0) is 26.5 Å². The number of nitrogens with zero attached hydrogens (tertiary/aromatic N) is 2. The Morgan fingerprint density at radius 2 is 1.53 bits per heavy atom. The lowest BCUT2D eigenvalue weighted by atomic mass is 9.93. The van der Waals surface area contributed by atoms with E-state index < -0.39 is 30.2 Å². The fourth-order valence-electron chi connectivity index (χ4n) is 5.72. The maximum absolute atomic E-state index is 13.1. The van der Waals surface area contributed by atoms with Gasteiger partial charge in [-0.05, 0) is 97.0 Å². The van der Waals surface area contributed by atoms with Crippen LogP contribution in [0.1, 0.15) is 53.7 Å². The van der Waals surface area contributed by atoms with E-state index in [-0.39, 0.29) is 36.9 Å². The van der Waals surface area contributed by atoms with Crippen LogP contribution in [0.2, 0.25) is 5.02 Å². The lowest BCUT2D eigenvalue weighted by Crippen LogP contribution is -2.47. The van der Waals surface area contributed by atoms with Crippen molar-refractivity contribution < 1.29 is 32.6 Å². The lowest BCUT2D eigenvalue weighted by Gasteiger charge is -2.26. The summed E-state index contributed by atoms with van der Waals surface area (Å²) in [7, 11) is 0. The molecule has 2 aliphatic rings. The Balaban J connectivity index is 1.04. The minimum Gasteiger partial charge on any atom is -0.435 e. The molecular formula is C41H43ClF2N8O5. The van der Waals surface area contributed by atoms with E-state index in [2.05, 4.69) is 46.6 Å². The number of anilines is 2. The fraction of sp³-hybridized carbons (Fsp3) is 0.293. The van der Waals surface area contributed by atoms with Gasteiger partial charge in [0.05, 0.1) is 12.1 Å². The van der Waals surface area contributed by atoms with Gasteiger partial charge < -0.3 is 41.4 Å². The number of alkyl halides is 2. The number of aryl methyl sites for hydroxylation is 1. The molecule has 1 aliphatic heterocycles. The molecule has 1 aliphatic carbocycles. The number of nitrogens with one attached hydrogen (secondary N) is 6. The van der Waals surface area contributed by atoms with Crippen molar-refractivity contribution in [2.75, 3.05) is 23.7 Å². The molecular weight excluding hydrogens is 758 g/mol. The van der Waals surface area contributed by atoms with Crippen molar-refractivity contribution in [1.82, 2.24) is 21.3 Å². The van der Waals surface area contributed by atoms with Gasteiger partial charge in [-0.1, -0.05) is 67.4 Å². The predicted octanol–water partition coefficient (Wildman–Crippen LogP) is 6.27. The van der Waals surface area contributed by atoms with Gasteiger partial charge in [0.2, 0.25) is 18.3 Å². The van der Waals surface area contributed by atoms with Gasteiger partial charge in [-0.3, -0.25) is 14.4 Å². The van der Waals surface area contributed by atoms with Gasteiger partial charge in [-0.25, -0.2) is 0 Å². The van der Waals surface area contributed by atoms with Crippen molar-refractivity contribution in [2.24, 2.45) is 15.4 Å². The molecule has 4 aromatic rings. The van der Waals surface area contributed by atoms with Gasteiger partial charge in [-0.2, -0.15) is 18.8 Å². The van der Waals surface area contributed by atoms with E-state index in [4.69, 9.17) is 16.3 Å². The number of rotatable bonds is 14. The summed E-state index contributed by atoms with van der Waals surface area (Å²) in [4.78, 5) is 47.1. The van der Waals surface area contributed by atoms with Crippen LogP contribution in [0, 0.1) is 12.3 Å².